The quantitative estimate of drug-likeness (QED) is 0.851. The van der Waals surface area contributed by atoms with Crippen LogP contribution in [-0.2, 0) is 15.1 Å². The fraction of sp³-hybridized carbons (Fsp3) is 0.278. The van der Waals surface area contributed by atoms with Gasteiger partial charge in [-0.1, -0.05) is 36.4 Å². The van der Waals surface area contributed by atoms with Crippen LogP contribution in [0.4, 0.5) is 5.69 Å². The van der Waals surface area contributed by atoms with E-state index in [2.05, 4.69) is 5.32 Å². The molecule has 2 aliphatic rings. The first-order valence-corrected chi connectivity index (χ1v) is 7.63. The summed E-state index contributed by atoms with van der Waals surface area (Å²) >= 11 is 0. The lowest BCUT2D eigenvalue weighted by Gasteiger charge is -2.20. The van der Waals surface area contributed by atoms with Gasteiger partial charge in [-0.25, -0.2) is 4.79 Å². The van der Waals surface area contributed by atoms with E-state index in [-0.39, 0.29) is 18.7 Å². The second kappa shape index (κ2) is 5.37. The predicted octanol–water partition coefficient (Wildman–Crippen LogP) is 2.27. The first-order valence-electron chi connectivity index (χ1n) is 7.63. The van der Waals surface area contributed by atoms with Crippen LogP contribution >= 0.6 is 0 Å². The molecule has 2 heterocycles. The Hall–Kier alpha value is -2.37. The Morgan fingerprint density at radius 3 is 2.78 bits per heavy atom. The van der Waals surface area contributed by atoms with Crippen LogP contribution in [0.1, 0.15) is 22.3 Å². The maximum atomic E-state index is 12.0. The van der Waals surface area contributed by atoms with Crippen molar-refractivity contribution in [3.63, 3.8) is 0 Å². The van der Waals surface area contributed by atoms with Crippen molar-refractivity contribution < 1.29 is 19.4 Å². The zero-order chi connectivity index (χ0) is 15.9. The van der Waals surface area contributed by atoms with Gasteiger partial charge in [0.05, 0.1) is 11.7 Å². The van der Waals surface area contributed by atoms with E-state index in [0.29, 0.717) is 12.0 Å². The molecule has 5 heteroatoms. The molecule has 0 spiro atoms. The average Bonchev–Trinajstić information content (AvgIpc) is 3.04. The molecule has 118 valence electrons. The molecule has 0 amide bonds. The van der Waals surface area contributed by atoms with Gasteiger partial charge in [-0.3, -0.25) is 0 Å². The number of carbonyl (C=O) groups is 1. The summed E-state index contributed by atoms with van der Waals surface area (Å²) in [6.07, 6.45) is -0.442. The predicted molar refractivity (Wildman–Crippen MR) is 84.0 cm³/mol. The second-order valence-corrected chi connectivity index (χ2v) is 5.92. The van der Waals surface area contributed by atoms with Crippen molar-refractivity contribution in [2.45, 2.75) is 24.4 Å². The number of esters is 1. The van der Waals surface area contributed by atoms with Crippen molar-refractivity contribution in [1.82, 2.24) is 0 Å². The highest BCUT2D eigenvalue weighted by Gasteiger charge is 2.53. The van der Waals surface area contributed by atoms with Gasteiger partial charge >= 0.3 is 5.97 Å². The van der Waals surface area contributed by atoms with E-state index in [4.69, 9.17) is 9.47 Å². The number of anilines is 1. The summed E-state index contributed by atoms with van der Waals surface area (Å²) in [4.78, 5) is 12.0. The van der Waals surface area contributed by atoms with Crippen LogP contribution < -0.4 is 5.32 Å². The van der Waals surface area contributed by atoms with Crippen LogP contribution in [0.25, 0.3) is 0 Å². The number of ether oxygens (including phenoxy) is 2. The highest BCUT2D eigenvalue weighted by Crippen LogP contribution is 2.47. The van der Waals surface area contributed by atoms with Gasteiger partial charge in [-0.05, 0) is 18.2 Å². The van der Waals surface area contributed by atoms with Crippen molar-refractivity contribution in [3.8, 4) is 0 Å². The van der Waals surface area contributed by atoms with E-state index in [1.54, 1.807) is 24.3 Å². The van der Waals surface area contributed by atoms with Gasteiger partial charge in [-0.2, -0.15) is 0 Å². The number of fused-ring (bicyclic) bond motifs is 3. The zero-order valence-corrected chi connectivity index (χ0v) is 12.4. The van der Waals surface area contributed by atoms with Crippen molar-refractivity contribution in [3.05, 3.63) is 65.7 Å². The summed E-state index contributed by atoms with van der Waals surface area (Å²) in [7, 11) is 0. The summed E-state index contributed by atoms with van der Waals surface area (Å²) < 4.78 is 11.1. The molecule has 0 unspecified atom stereocenters. The number of hydrogen-bond donors (Lipinski definition) is 2. The molecule has 0 radical (unpaired) electrons. The fourth-order valence-electron chi connectivity index (χ4n) is 3.26. The molecule has 3 atom stereocenters. The second-order valence-electron chi connectivity index (χ2n) is 5.92. The number of carbonyl (C=O) groups excluding carboxylic acids is 1. The van der Waals surface area contributed by atoms with E-state index in [1.807, 2.05) is 30.3 Å². The number of aliphatic hydroxyl groups is 1. The molecule has 5 nitrogen and oxygen atoms in total. The molecule has 0 saturated carbocycles. The van der Waals surface area contributed by atoms with Crippen LogP contribution in [0.3, 0.4) is 0 Å². The lowest BCUT2D eigenvalue weighted by molar-refractivity contribution is -0.0367. The van der Waals surface area contributed by atoms with E-state index in [0.717, 1.165) is 11.3 Å². The zero-order valence-electron chi connectivity index (χ0n) is 12.4. The van der Waals surface area contributed by atoms with Gasteiger partial charge in [0.15, 0.2) is 6.23 Å². The first-order chi connectivity index (χ1) is 11.2. The molecule has 2 aromatic carbocycles. The fourth-order valence-corrected chi connectivity index (χ4v) is 3.26. The Morgan fingerprint density at radius 1 is 1.22 bits per heavy atom. The van der Waals surface area contributed by atoms with Gasteiger partial charge in [0, 0.05) is 17.7 Å². The molecule has 2 aromatic rings. The molecule has 4 rings (SSSR count). The number of para-hydroxylation sites is 1. The minimum absolute atomic E-state index is 0.121. The van der Waals surface area contributed by atoms with Crippen molar-refractivity contribution in [2.24, 2.45) is 0 Å². The maximum Gasteiger partial charge on any atom is 0.338 e. The lowest BCUT2D eigenvalue weighted by Crippen LogP contribution is -2.33. The van der Waals surface area contributed by atoms with E-state index < -0.39 is 11.8 Å². The third-order valence-electron chi connectivity index (χ3n) is 4.39. The van der Waals surface area contributed by atoms with Crippen LogP contribution in [0.5, 0.6) is 0 Å². The van der Waals surface area contributed by atoms with Gasteiger partial charge < -0.3 is 19.9 Å². The van der Waals surface area contributed by atoms with Crippen molar-refractivity contribution >= 4 is 11.7 Å². The van der Waals surface area contributed by atoms with Crippen molar-refractivity contribution in [1.29, 1.82) is 0 Å². The number of benzene rings is 2. The van der Waals surface area contributed by atoms with E-state index >= 15 is 0 Å². The Bertz CT molecular complexity index is 733. The third kappa shape index (κ3) is 2.38. The molecule has 2 N–H and O–H groups in total. The first kappa shape index (κ1) is 14.2. The molecule has 1 saturated heterocycles. The van der Waals surface area contributed by atoms with Gasteiger partial charge in [0.25, 0.3) is 0 Å². The molecule has 2 aliphatic heterocycles. The van der Waals surface area contributed by atoms with Gasteiger partial charge in [0.1, 0.15) is 12.2 Å². The Morgan fingerprint density at radius 2 is 1.96 bits per heavy atom. The summed E-state index contributed by atoms with van der Waals surface area (Å²) in [5.74, 6) is -0.383. The van der Waals surface area contributed by atoms with E-state index in [1.165, 1.54) is 0 Å². The topological polar surface area (TPSA) is 67.8 Å². The normalized spacial score (nSPS) is 27.9. The van der Waals surface area contributed by atoms with Crippen LogP contribution in [0, 0.1) is 0 Å². The number of hydrogen-bond acceptors (Lipinski definition) is 5. The monoisotopic (exact) mass is 311 g/mol. The Labute approximate surface area is 133 Å². The molecule has 0 aliphatic carbocycles. The van der Waals surface area contributed by atoms with E-state index in [9.17, 15) is 9.90 Å². The van der Waals surface area contributed by atoms with Crippen LogP contribution in [-0.4, -0.2) is 30.0 Å². The van der Waals surface area contributed by atoms with Crippen LogP contribution in [0.15, 0.2) is 54.6 Å². The summed E-state index contributed by atoms with van der Waals surface area (Å²) in [5.41, 5.74) is 1.16. The molecule has 23 heavy (non-hydrogen) atoms. The smallest absolute Gasteiger partial charge is 0.338 e. The number of rotatable bonds is 3. The third-order valence-corrected chi connectivity index (χ3v) is 4.39. The molecular weight excluding hydrogens is 294 g/mol. The number of nitrogens with one attached hydrogen (secondary N) is 1. The standard InChI is InChI=1S/C18H17NO4/c20-16(12-6-2-1-3-7-12)22-11-13-10-18(21)14-8-4-5-9-15(14)19-17(18)23-13/h1-9,13,17,19,21H,10-11H2/t13-,17-,18+/m0/s1. The largest absolute Gasteiger partial charge is 0.459 e. The van der Waals surface area contributed by atoms with Crippen LogP contribution in [0.2, 0.25) is 0 Å². The molecule has 0 aromatic heterocycles. The Kier molecular flexibility index (Phi) is 3.32. The summed E-state index contributed by atoms with van der Waals surface area (Å²) in [5, 5.41) is 14.1. The van der Waals surface area contributed by atoms with Gasteiger partial charge in [-0.15, -0.1) is 0 Å². The lowest BCUT2D eigenvalue weighted by atomic mass is 9.91. The minimum atomic E-state index is -1.07. The highest BCUT2D eigenvalue weighted by molar-refractivity contribution is 5.89. The maximum absolute atomic E-state index is 12.0. The molecular formula is C18H17NO4. The summed E-state index contributed by atoms with van der Waals surface area (Å²) in [6, 6.07) is 16.4. The average molecular weight is 311 g/mol. The Balaban J connectivity index is 1.42. The SMILES string of the molecule is O=C(OC[C@@H]1C[C@@]2(O)c3ccccc3N[C@H]2O1)c1ccccc1. The minimum Gasteiger partial charge on any atom is -0.459 e. The highest BCUT2D eigenvalue weighted by atomic mass is 16.6. The molecule has 0 bridgehead atoms. The van der Waals surface area contributed by atoms with Crippen molar-refractivity contribution in [2.75, 3.05) is 11.9 Å². The van der Waals surface area contributed by atoms with Gasteiger partial charge in [0.2, 0.25) is 0 Å². The molecule has 1 fully saturated rings. The summed E-state index contributed by atoms with van der Waals surface area (Å²) in [6.45, 7) is 0.121.